The van der Waals surface area contributed by atoms with Crippen LogP contribution in [0, 0.1) is 5.92 Å². The van der Waals surface area contributed by atoms with Crippen molar-refractivity contribution in [3.05, 3.63) is 0 Å². The van der Waals surface area contributed by atoms with Gasteiger partial charge in [-0.25, -0.2) is 5.73 Å². The maximum absolute atomic E-state index is 7.15. The Hall–Kier alpha value is -0.0800. The Morgan fingerprint density at radius 2 is 1.88 bits per heavy atom. The van der Waals surface area contributed by atoms with Gasteiger partial charge < -0.3 is 5.73 Å². The Labute approximate surface area is 50.2 Å². The molecule has 2 nitrogen and oxygen atoms in total. The van der Waals surface area contributed by atoms with Gasteiger partial charge in [0.05, 0.1) is 6.17 Å². The van der Waals surface area contributed by atoms with E-state index in [-0.39, 0.29) is 6.17 Å². The number of nitrogens with one attached hydrogen (secondary N) is 1. The Bertz CT molecular complexity index is 64.9. The summed E-state index contributed by atoms with van der Waals surface area (Å²) in [5, 5.41) is 0. The van der Waals surface area contributed by atoms with Gasteiger partial charge in [0.1, 0.15) is 0 Å². The highest BCUT2D eigenvalue weighted by Gasteiger charge is 2.18. The van der Waals surface area contributed by atoms with E-state index in [1.165, 1.54) is 25.7 Å². The first-order valence-corrected chi connectivity index (χ1v) is 3.27. The quantitative estimate of drug-likeness (QED) is 0.535. The summed E-state index contributed by atoms with van der Waals surface area (Å²) >= 11 is 0. The van der Waals surface area contributed by atoms with E-state index in [1.54, 1.807) is 0 Å². The molecule has 47 valence electrons. The Morgan fingerprint density at radius 3 is 2.12 bits per heavy atom. The highest BCUT2D eigenvalue weighted by molar-refractivity contribution is 4.72. The molecule has 1 rings (SSSR count). The van der Waals surface area contributed by atoms with Crippen molar-refractivity contribution in [1.82, 2.24) is 5.73 Å². The fourth-order valence-electron chi connectivity index (χ4n) is 1.32. The van der Waals surface area contributed by atoms with Gasteiger partial charge in [-0.1, -0.05) is 12.8 Å². The van der Waals surface area contributed by atoms with Crippen LogP contribution in [0.4, 0.5) is 0 Å². The molecular weight excluding hydrogens is 100 g/mol. The third kappa shape index (κ3) is 1.20. The van der Waals surface area contributed by atoms with Gasteiger partial charge in [0, 0.05) is 0 Å². The van der Waals surface area contributed by atoms with E-state index < -0.39 is 0 Å². The van der Waals surface area contributed by atoms with Crippen molar-refractivity contribution in [1.29, 1.82) is 0 Å². The highest BCUT2D eigenvalue weighted by atomic mass is 14.9. The minimum absolute atomic E-state index is 0.308. The van der Waals surface area contributed by atoms with Crippen LogP contribution in [0.3, 0.4) is 0 Å². The van der Waals surface area contributed by atoms with Crippen molar-refractivity contribution in [2.45, 2.75) is 31.8 Å². The van der Waals surface area contributed by atoms with Crippen molar-refractivity contribution >= 4 is 0 Å². The van der Waals surface area contributed by atoms with Gasteiger partial charge >= 0.3 is 0 Å². The fourth-order valence-corrected chi connectivity index (χ4v) is 1.32. The summed E-state index contributed by atoms with van der Waals surface area (Å²) in [6, 6.07) is 0. The van der Waals surface area contributed by atoms with Gasteiger partial charge in [0.25, 0.3) is 0 Å². The SMILES string of the molecule is [NH]C(N)C1CCCC1. The van der Waals surface area contributed by atoms with Crippen LogP contribution in [-0.4, -0.2) is 6.17 Å². The lowest BCUT2D eigenvalue weighted by molar-refractivity contribution is 0.432. The van der Waals surface area contributed by atoms with Gasteiger partial charge in [0.2, 0.25) is 0 Å². The third-order valence-corrected chi connectivity index (χ3v) is 1.91. The molecule has 1 saturated carbocycles. The van der Waals surface area contributed by atoms with Crippen molar-refractivity contribution in [2.24, 2.45) is 11.7 Å². The lowest BCUT2D eigenvalue weighted by Gasteiger charge is -2.10. The van der Waals surface area contributed by atoms with Crippen LogP contribution in [0.5, 0.6) is 0 Å². The van der Waals surface area contributed by atoms with Gasteiger partial charge in [-0.15, -0.1) is 0 Å². The van der Waals surface area contributed by atoms with Crippen LogP contribution in [0.25, 0.3) is 0 Å². The van der Waals surface area contributed by atoms with Crippen LogP contribution in [0.2, 0.25) is 0 Å². The van der Waals surface area contributed by atoms with Crippen molar-refractivity contribution < 1.29 is 0 Å². The first-order chi connectivity index (χ1) is 3.80. The summed E-state index contributed by atoms with van der Waals surface area (Å²) in [6.45, 7) is 0. The first-order valence-electron chi connectivity index (χ1n) is 3.27. The number of hydrogen-bond donors (Lipinski definition) is 1. The summed E-state index contributed by atoms with van der Waals surface area (Å²) in [5.41, 5.74) is 12.5. The molecule has 1 radical (unpaired) electrons. The molecule has 1 fully saturated rings. The third-order valence-electron chi connectivity index (χ3n) is 1.91. The highest BCUT2D eigenvalue weighted by Crippen LogP contribution is 2.25. The van der Waals surface area contributed by atoms with Crippen molar-refractivity contribution in [3.63, 3.8) is 0 Å². The lowest BCUT2D eigenvalue weighted by atomic mass is 10.1. The second kappa shape index (κ2) is 2.46. The van der Waals surface area contributed by atoms with Crippen molar-refractivity contribution in [2.75, 3.05) is 0 Å². The Morgan fingerprint density at radius 1 is 1.38 bits per heavy atom. The Balaban J connectivity index is 2.24. The average Bonchev–Trinajstić information content (AvgIpc) is 2.12. The molecule has 0 aromatic carbocycles. The molecule has 0 saturated heterocycles. The average molecular weight is 113 g/mol. The normalized spacial score (nSPS) is 22.9. The van der Waals surface area contributed by atoms with Crippen molar-refractivity contribution in [3.8, 4) is 0 Å². The van der Waals surface area contributed by atoms with Gasteiger partial charge in [-0.2, -0.15) is 0 Å². The van der Waals surface area contributed by atoms with Crippen LogP contribution < -0.4 is 11.5 Å². The molecule has 0 aliphatic heterocycles. The molecule has 0 aromatic heterocycles. The minimum Gasteiger partial charge on any atom is -0.315 e. The summed E-state index contributed by atoms with van der Waals surface area (Å²) < 4.78 is 0. The molecule has 1 unspecified atom stereocenters. The molecule has 0 aromatic rings. The van der Waals surface area contributed by atoms with Gasteiger partial charge in [-0.3, -0.25) is 0 Å². The Kier molecular flexibility index (Phi) is 1.86. The molecule has 1 aliphatic carbocycles. The maximum atomic E-state index is 7.15. The summed E-state index contributed by atoms with van der Waals surface area (Å²) in [5.74, 6) is 0.509. The molecule has 3 N–H and O–H groups in total. The molecule has 0 heterocycles. The van der Waals surface area contributed by atoms with E-state index in [2.05, 4.69) is 0 Å². The van der Waals surface area contributed by atoms with Gasteiger partial charge in [-0.05, 0) is 18.8 Å². The van der Waals surface area contributed by atoms with E-state index in [4.69, 9.17) is 11.5 Å². The number of hydrogen-bond acceptors (Lipinski definition) is 1. The van der Waals surface area contributed by atoms with E-state index in [9.17, 15) is 0 Å². The predicted molar refractivity (Wildman–Crippen MR) is 33.0 cm³/mol. The second-order valence-corrected chi connectivity index (χ2v) is 2.57. The van der Waals surface area contributed by atoms with E-state index >= 15 is 0 Å². The zero-order valence-electron chi connectivity index (χ0n) is 5.06. The van der Waals surface area contributed by atoms with Gasteiger partial charge in [0.15, 0.2) is 0 Å². The topological polar surface area (TPSA) is 49.8 Å². The summed E-state index contributed by atoms with van der Waals surface area (Å²) in [6.07, 6.45) is 4.64. The molecule has 1 atom stereocenters. The molecule has 2 heteroatoms. The smallest absolute Gasteiger partial charge is 0.0708 e. The fraction of sp³-hybridized carbons (Fsp3) is 1.00. The minimum atomic E-state index is -0.308. The molecule has 0 spiro atoms. The van der Waals surface area contributed by atoms with Crippen LogP contribution in [0.1, 0.15) is 25.7 Å². The molecular formula is C6H13N2. The van der Waals surface area contributed by atoms with Crippen LogP contribution >= 0.6 is 0 Å². The molecule has 0 bridgehead atoms. The monoisotopic (exact) mass is 113 g/mol. The van der Waals surface area contributed by atoms with Crippen LogP contribution in [-0.2, 0) is 0 Å². The first kappa shape index (κ1) is 6.05. The van der Waals surface area contributed by atoms with E-state index in [1.807, 2.05) is 0 Å². The number of rotatable bonds is 1. The second-order valence-electron chi connectivity index (χ2n) is 2.57. The predicted octanol–water partition coefficient (Wildman–Crippen LogP) is 0.744. The molecule has 8 heavy (non-hydrogen) atoms. The largest absolute Gasteiger partial charge is 0.315 e. The zero-order valence-corrected chi connectivity index (χ0v) is 5.06. The van der Waals surface area contributed by atoms with E-state index in [0.29, 0.717) is 5.92 Å². The lowest BCUT2D eigenvalue weighted by Crippen LogP contribution is -2.29. The molecule has 0 amide bonds. The van der Waals surface area contributed by atoms with Crippen LogP contribution in [0.15, 0.2) is 0 Å². The maximum Gasteiger partial charge on any atom is 0.0708 e. The number of nitrogens with two attached hydrogens (primary N) is 1. The zero-order chi connectivity index (χ0) is 5.98. The molecule has 1 aliphatic rings. The summed E-state index contributed by atoms with van der Waals surface area (Å²) in [4.78, 5) is 0. The summed E-state index contributed by atoms with van der Waals surface area (Å²) in [7, 11) is 0. The van der Waals surface area contributed by atoms with E-state index in [0.717, 1.165) is 0 Å². The standard InChI is InChI=1S/C6H13N2/c7-6(8)5-3-1-2-4-5/h5-7H,1-4,8H2.